The minimum atomic E-state index is -5.08. The van der Waals surface area contributed by atoms with Crippen LogP contribution in [0.15, 0.2) is 56.1 Å². The van der Waals surface area contributed by atoms with E-state index < -0.39 is 61.6 Å². The Balaban J connectivity index is 0.00000101. The van der Waals surface area contributed by atoms with E-state index in [4.69, 9.17) is 31.9 Å². The number of oxime groups is 1. The summed E-state index contributed by atoms with van der Waals surface area (Å²) in [5.41, 5.74) is 14.9. The number of aromatic nitrogens is 1. The Bertz CT molecular complexity index is 1550. The van der Waals surface area contributed by atoms with Gasteiger partial charge in [-0.3, -0.25) is 18.9 Å². The number of carbonyl (C=O) groups excluding carboxylic acids is 1. The lowest BCUT2D eigenvalue weighted by Crippen LogP contribution is -2.42. The maximum absolute atomic E-state index is 13.1. The Morgan fingerprint density at radius 3 is 1.90 bits per heavy atom. The Kier molecular flexibility index (Phi) is 10.7. The van der Waals surface area contributed by atoms with Gasteiger partial charge in [0.2, 0.25) is 11.9 Å². The molecule has 2 rings (SSSR count). The number of anilines is 1. The average molecular weight is 615 g/mol. The van der Waals surface area contributed by atoms with Crippen LogP contribution >= 0.6 is 0 Å². The van der Waals surface area contributed by atoms with Crippen molar-refractivity contribution in [2.24, 2.45) is 22.4 Å². The van der Waals surface area contributed by atoms with E-state index in [2.05, 4.69) is 9.88 Å². The highest BCUT2D eigenvalue weighted by Gasteiger charge is 2.38. The van der Waals surface area contributed by atoms with Crippen LogP contribution in [0.1, 0.15) is 18.7 Å². The number of aliphatic carboxylic acids is 1. The van der Waals surface area contributed by atoms with Crippen LogP contribution < -0.4 is 27.5 Å². The monoisotopic (exact) mass is 614 g/mol. The van der Waals surface area contributed by atoms with E-state index in [1.807, 2.05) is 0 Å². The minimum Gasteiger partial charge on any atom is -0.475 e. The van der Waals surface area contributed by atoms with Gasteiger partial charge in [-0.05, 0) is 55.4 Å². The molecule has 8 N–H and O–H groups in total. The van der Waals surface area contributed by atoms with E-state index in [0.717, 1.165) is 35.1 Å². The molecule has 0 aliphatic carbocycles. The summed E-state index contributed by atoms with van der Waals surface area (Å²) in [5, 5.41) is 10.5. The Hall–Kier alpha value is -4.33. The van der Waals surface area contributed by atoms with Crippen molar-refractivity contribution in [3.63, 3.8) is 0 Å². The molecule has 1 amide bonds. The number of guanidine groups is 1. The Morgan fingerprint density at radius 1 is 1.02 bits per heavy atom. The molecule has 2 aromatic rings. The fourth-order valence-electron chi connectivity index (χ4n) is 2.91. The highest BCUT2D eigenvalue weighted by Crippen LogP contribution is 2.20. The second-order valence-electron chi connectivity index (χ2n) is 7.89. The first kappa shape index (κ1) is 33.7. The second kappa shape index (κ2) is 12.7. The van der Waals surface area contributed by atoms with E-state index in [-0.39, 0.29) is 21.2 Å². The van der Waals surface area contributed by atoms with Crippen LogP contribution in [-0.4, -0.2) is 62.9 Å². The molecule has 0 bridgehead atoms. The summed E-state index contributed by atoms with van der Waals surface area (Å²) < 4.78 is 83.5. The van der Waals surface area contributed by atoms with Gasteiger partial charge in [-0.25, -0.2) is 21.6 Å². The molecule has 40 heavy (non-hydrogen) atoms. The molecule has 15 nitrogen and oxygen atoms in total. The van der Waals surface area contributed by atoms with Gasteiger partial charge < -0.3 is 27.1 Å². The third kappa shape index (κ3) is 9.15. The van der Waals surface area contributed by atoms with Crippen molar-refractivity contribution in [2.75, 3.05) is 11.0 Å². The highest BCUT2D eigenvalue weighted by molar-refractivity contribution is 7.92. The molecule has 1 heterocycles. The third-order valence-electron chi connectivity index (χ3n) is 4.71. The molecule has 0 radical (unpaired) electrons. The van der Waals surface area contributed by atoms with Gasteiger partial charge in [0.1, 0.15) is 5.69 Å². The maximum atomic E-state index is 13.1. The van der Waals surface area contributed by atoms with Crippen molar-refractivity contribution >= 4 is 43.4 Å². The molecule has 0 aliphatic heterocycles. The summed E-state index contributed by atoms with van der Waals surface area (Å²) in [6.45, 7) is 2.90. The fourth-order valence-corrected chi connectivity index (χ4v) is 4.60. The molecule has 2 unspecified atom stereocenters. The van der Waals surface area contributed by atoms with Crippen LogP contribution in [0.5, 0.6) is 0 Å². The summed E-state index contributed by atoms with van der Waals surface area (Å²) in [7, 11) is -7.80. The molecule has 0 saturated heterocycles. The zero-order valence-corrected chi connectivity index (χ0v) is 22.5. The molecule has 20 heteroatoms. The number of alkyl halides is 3. The average Bonchev–Trinajstić information content (AvgIpc) is 2.81. The molecule has 0 spiro atoms. The number of nitrogens with two attached hydrogens (primary N) is 3. The largest absolute Gasteiger partial charge is 0.490 e. The van der Waals surface area contributed by atoms with Gasteiger partial charge in [-0.15, -0.1) is 0 Å². The normalized spacial score (nSPS) is 13.2. The first-order chi connectivity index (χ1) is 18.1. The molecular formula is C20H25F3N6O9S2. The zero-order valence-electron chi connectivity index (χ0n) is 20.9. The summed E-state index contributed by atoms with van der Waals surface area (Å²) in [4.78, 5) is 38.8. The number of rotatable bonds is 9. The second-order valence-corrected chi connectivity index (χ2v) is 11.6. The molecular weight excluding hydrogens is 589 g/mol. The summed E-state index contributed by atoms with van der Waals surface area (Å²) in [6, 6.07) is 5.67. The minimum absolute atomic E-state index is 0.0711. The van der Waals surface area contributed by atoms with Gasteiger partial charge in [-0.2, -0.15) is 13.2 Å². The van der Waals surface area contributed by atoms with Crippen molar-refractivity contribution in [1.82, 2.24) is 4.57 Å². The number of aryl methyl sites for hydroxylation is 1. The molecule has 1 aromatic heterocycles. The SMILES string of the molecule is Cc1ccc(NS(=O)(=O)c2ccc(S(C)(=O)=O)cc2)c(=O)n1C(C(N)=O)C(C)ON=C(N)N.O=C(O)C(F)(F)F. The lowest BCUT2D eigenvalue weighted by molar-refractivity contribution is -0.192. The standard InChI is InChI=1S/C18H24N6O7S2.C2HF3O2/c1-10-4-9-14(17(26)24(10)15(16(19)25)11(2)31-22-18(20)21)23-33(29,30)13-7-5-12(6-8-13)32(3,27)28;3-2(4,5)1(6)7/h4-9,11,15,23H,1-3H3,(H2,19,25)(H4,20,21,22);(H,6,7). The number of primary amides is 1. The van der Waals surface area contributed by atoms with E-state index in [9.17, 15) is 39.6 Å². The van der Waals surface area contributed by atoms with Gasteiger partial charge in [0.15, 0.2) is 22.0 Å². The number of hydrogen-bond donors (Lipinski definition) is 5. The maximum Gasteiger partial charge on any atom is 0.490 e. The lowest BCUT2D eigenvalue weighted by atomic mass is 10.1. The number of nitrogens with one attached hydrogen (secondary N) is 1. The van der Waals surface area contributed by atoms with E-state index >= 15 is 0 Å². The van der Waals surface area contributed by atoms with Gasteiger partial charge in [0.25, 0.3) is 15.6 Å². The summed E-state index contributed by atoms with van der Waals surface area (Å²) in [5.74, 6) is -4.13. The number of amides is 1. The van der Waals surface area contributed by atoms with Crippen LogP contribution in [0.25, 0.3) is 0 Å². The van der Waals surface area contributed by atoms with Crippen LogP contribution in [0.4, 0.5) is 18.9 Å². The molecule has 0 saturated carbocycles. The Labute approximate surface area is 225 Å². The zero-order chi connectivity index (χ0) is 31.2. The molecule has 0 aliphatic rings. The van der Waals surface area contributed by atoms with Gasteiger partial charge >= 0.3 is 12.1 Å². The number of hydrogen-bond acceptors (Lipinski definition) is 9. The van der Waals surface area contributed by atoms with Gasteiger partial charge in [0.05, 0.1) is 9.79 Å². The fraction of sp³-hybridized carbons (Fsp3) is 0.300. The van der Waals surface area contributed by atoms with Crippen LogP contribution in [0.3, 0.4) is 0 Å². The number of pyridine rings is 1. The number of benzene rings is 1. The smallest absolute Gasteiger partial charge is 0.475 e. The lowest BCUT2D eigenvalue weighted by Gasteiger charge is -2.24. The molecule has 222 valence electrons. The summed E-state index contributed by atoms with van der Waals surface area (Å²) >= 11 is 0. The number of halogens is 3. The quantitative estimate of drug-likeness (QED) is 0.138. The number of carboxylic acid groups (broad SMARTS) is 1. The Morgan fingerprint density at radius 2 is 1.50 bits per heavy atom. The number of sulfonamides is 1. The summed E-state index contributed by atoms with van der Waals surface area (Å²) in [6.07, 6.45) is -5.19. The van der Waals surface area contributed by atoms with Gasteiger partial charge in [0, 0.05) is 11.9 Å². The highest BCUT2D eigenvalue weighted by atomic mass is 32.2. The molecule has 0 fully saturated rings. The van der Waals surface area contributed by atoms with Crippen molar-refractivity contribution < 1.29 is 49.5 Å². The molecule has 1 aromatic carbocycles. The van der Waals surface area contributed by atoms with Crippen LogP contribution in [0, 0.1) is 6.92 Å². The first-order valence-corrected chi connectivity index (χ1v) is 13.9. The number of carbonyl (C=O) groups is 2. The van der Waals surface area contributed by atoms with E-state index in [1.165, 1.54) is 26.0 Å². The number of nitrogens with zero attached hydrogens (tertiary/aromatic N) is 2. The van der Waals surface area contributed by atoms with Crippen LogP contribution in [-0.2, 0) is 34.3 Å². The van der Waals surface area contributed by atoms with Gasteiger partial charge in [-0.1, -0.05) is 0 Å². The molecule has 2 atom stereocenters. The predicted octanol–water partition coefficient (Wildman–Crippen LogP) is -0.386. The van der Waals surface area contributed by atoms with E-state index in [1.54, 1.807) is 0 Å². The van der Waals surface area contributed by atoms with Crippen molar-refractivity contribution in [2.45, 2.75) is 42.0 Å². The third-order valence-corrected chi connectivity index (χ3v) is 7.22. The number of carboxylic acids is 1. The predicted molar refractivity (Wildman–Crippen MR) is 134 cm³/mol. The van der Waals surface area contributed by atoms with Crippen molar-refractivity contribution in [3.05, 3.63) is 52.4 Å². The van der Waals surface area contributed by atoms with Crippen molar-refractivity contribution in [1.29, 1.82) is 0 Å². The topological polar surface area (TPSA) is 256 Å². The van der Waals surface area contributed by atoms with Crippen molar-refractivity contribution in [3.8, 4) is 0 Å². The first-order valence-electron chi connectivity index (χ1n) is 10.5. The number of sulfone groups is 1. The van der Waals surface area contributed by atoms with Crippen LogP contribution in [0.2, 0.25) is 0 Å². The van der Waals surface area contributed by atoms with E-state index in [0.29, 0.717) is 0 Å².